The minimum absolute atomic E-state index is 0.0247. The molecule has 1 fully saturated rings. The van der Waals surface area contributed by atoms with Crippen LogP contribution >= 0.6 is 11.6 Å². The fourth-order valence-corrected chi connectivity index (χ4v) is 2.57. The average Bonchev–Trinajstić information content (AvgIpc) is 2.41. The van der Waals surface area contributed by atoms with Crippen molar-refractivity contribution in [3.8, 4) is 0 Å². The van der Waals surface area contributed by atoms with Crippen LogP contribution in [0, 0.1) is 0 Å². The van der Waals surface area contributed by atoms with Gasteiger partial charge in [-0.1, -0.05) is 25.4 Å². The Labute approximate surface area is 129 Å². The lowest BCUT2D eigenvalue weighted by Gasteiger charge is -2.32. The lowest BCUT2D eigenvalue weighted by atomic mass is 10.2. The summed E-state index contributed by atoms with van der Waals surface area (Å²) in [7, 11) is 2.03. The van der Waals surface area contributed by atoms with Crippen molar-refractivity contribution >= 4 is 17.5 Å². The highest BCUT2D eigenvalue weighted by Crippen LogP contribution is 2.13. The van der Waals surface area contributed by atoms with Crippen LogP contribution < -0.4 is 5.56 Å². The number of piperazine rings is 1. The first-order valence-electron chi connectivity index (χ1n) is 7.12. The van der Waals surface area contributed by atoms with Crippen molar-refractivity contribution in [1.29, 1.82) is 0 Å². The molecule has 0 saturated carbocycles. The van der Waals surface area contributed by atoms with Gasteiger partial charge in [-0.3, -0.25) is 14.2 Å². The lowest BCUT2D eigenvalue weighted by Crippen LogP contribution is -2.48. The number of halogens is 1. The first-order chi connectivity index (χ1) is 9.88. The third kappa shape index (κ3) is 3.83. The van der Waals surface area contributed by atoms with E-state index in [9.17, 15) is 9.59 Å². The number of amides is 1. The molecule has 0 spiro atoms. The van der Waals surface area contributed by atoms with Crippen LogP contribution in [0.5, 0.6) is 0 Å². The minimum atomic E-state index is -0.277. The maximum absolute atomic E-state index is 12.4. The summed E-state index contributed by atoms with van der Waals surface area (Å²) in [5.41, 5.74) is -0.277. The Balaban J connectivity index is 2.19. The van der Waals surface area contributed by atoms with Gasteiger partial charge in [-0.05, 0) is 7.05 Å². The maximum atomic E-state index is 12.4. The van der Waals surface area contributed by atoms with Crippen molar-refractivity contribution in [3.63, 3.8) is 0 Å². The molecule has 0 atom stereocenters. The van der Waals surface area contributed by atoms with Gasteiger partial charge in [-0.2, -0.15) is 0 Å². The molecule has 1 aromatic rings. The van der Waals surface area contributed by atoms with Crippen LogP contribution in [0.4, 0.5) is 0 Å². The normalized spacial score (nSPS) is 16.5. The molecule has 1 aliphatic rings. The minimum Gasteiger partial charge on any atom is -0.339 e. The van der Waals surface area contributed by atoms with E-state index in [1.807, 2.05) is 20.9 Å². The highest BCUT2D eigenvalue weighted by molar-refractivity contribution is 6.29. The van der Waals surface area contributed by atoms with E-state index >= 15 is 0 Å². The summed E-state index contributed by atoms with van der Waals surface area (Å²) in [5.74, 6) is 0.530. The summed E-state index contributed by atoms with van der Waals surface area (Å²) >= 11 is 5.84. The van der Waals surface area contributed by atoms with E-state index < -0.39 is 0 Å². The Morgan fingerprint density at radius 3 is 2.52 bits per heavy atom. The summed E-state index contributed by atoms with van der Waals surface area (Å²) in [4.78, 5) is 32.6. The van der Waals surface area contributed by atoms with Crippen LogP contribution in [0.1, 0.15) is 25.6 Å². The molecule has 7 heteroatoms. The van der Waals surface area contributed by atoms with Gasteiger partial charge in [0.15, 0.2) is 0 Å². The lowest BCUT2D eigenvalue weighted by molar-refractivity contribution is -0.133. The number of hydrogen-bond acceptors (Lipinski definition) is 4. The van der Waals surface area contributed by atoms with Gasteiger partial charge in [0.1, 0.15) is 17.5 Å². The molecular formula is C14H21ClN4O2. The predicted molar refractivity (Wildman–Crippen MR) is 81.7 cm³/mol. The second-order valence-electron chi connectivity index (χ2n) is 5.70. The SMILES string of the molecule is CC(C)c1nc(Cl)cc(=O)n1CC(=O)N1CCN(C)CC1. The van der Waals surface area contributed by atoms with E-state index in [4.69, 9.17) is 11.6 Å². The van der Waals surface area contributed by atoms with E-state index in [-0.39, 0.29) is 29.1 Å². The third-order valence-corrected chi connectivity index (χ3v) is 3.87. The molecule has 1 saturated heterocycles. The van der Waals surface area contributed by atoms with Gasteiger partial charge in [-0.15, -0.1) is 0 Å². The molecule has 0 aromatic carbocycles. The fraction of sp³-hybridized carbons (Fsp3) is 0.643. The molecule has 0 unspecified atom stereocenters. The standard InChI is InChI=1S/C14H21ClN4O2/c1-10(2)14-16-11(15)8-12(20)19(14)9-13(21)18-6-4-17(3)5-7-18/h8,10H,4-7,9H2,1-3H3. The monoisotopic (exact) mass is 312 g/mol. The summed E-state index contributed by atoms with van der Waals surface area (Å²) < 4.78 is 1.43. The Morgan fingerprint density at radius 2 is 1.95 bits per heavy atom. The largest absolute Gasteiger partial charge is 0.339 e. The highest BCUT2D eigenvalue weighted by Gasteiger charge is 2.21. The smallest absolute Gasteiger partial charge is 0.255 e. The maximum Gasteiger partial charge on any atom is 0.255 e. The zero-order valence-corrected chi connectivity index (χ0v) is 13.4. The number of nitrogens with zero attached hydrogens (tertiary/aromatic N) is 4. The topological polar surface area (TPSA) is 58.4 Å². The van der Waals surface area contributed by atoms with E-state index in [0.29, 0.717) is 18.9 Å². The molecule has 1 amide bonds. The molecule has 0 N–H and O–H groups in total. The Kier molecular flexibility index (Phi) is 5.00. The molecular weight excluding hydrogens is 292 g/mol. The van der Waals surface area contributed by atoms with Gasteiger partial charge in [0.05, 0.1) is 0 Å². The fourth-order valence-electron chi connectivity index (χ4n) is 2.39. The summed E-state index contributed by atoms with van der Waals surface area (Å²) in [6, 6.07) is 1.25. The molecule has 0 bridgehead atoms. The number of hydrogen-bond donors (Lipinski definition) is 0. The predicted octanol–water partition coefficient (Wildman–Crippen LogP) is 0.794. The van der Waals surface area contributed by atoms with Gasteiger partial charge in [0.25, 0.3) is 5.56 Å². The first-order valence-corrected chi connectivity index (χ1v) is 7.50. The summed E-state index contributed by atoms with van der Waals surface area (Å²) in [5, 5.41) is 0.173. The van der Waals surface area contributed by atoms with Crippen molar-refractivity contribution in [2.24, 2.45) is 0 Å². The van der Waals surface area contributed by atoms with E-state index in [1.54, 1.807) is 4.90 Å². The van der Waals surface area contributed by atoms with Crippen molar-refractivity contribution < 1.29 is 4.79 Å². The second kappa shape index (κ2) is 6.58. The molecule has 1 aromatic heterocycles. The van der Waals surface area contributed by atoms with Crippen LogP contribution in [0.15, 0.2) is 10.9 Å². The molecule has 21 heavy (non-hydrogen) atoms. The van der Waals surface area contributed by atoms with Gasteiger partial charge >= 0.3 is 0 Å². The Bertz CT molecular complexity index is 577. The van der Waals surface area contributed by atoms with E-state index in [0.717, 1.165) is 13.1 Å². The van der Waals surface area contributed by atoms with Crippen molar-refractivity contribution in [1.82, 2.24) is 19.4 Å². The second-order valence-corrected chi connectivity index (χ2v) is 6.09. The molecule has 2 rings (SSSR count). The molecule has 1 aliphatic heterocycles. The number of likely N-dealkylation sites (N-methyl/N-ethyl adjacent to an activating group) is 1. The summed E-state index contributed by atoms with van der Waals surface area (Å²) in [6.07, 6.45) is 0. The van der Waals surface area contributed by atoms with E-state index in [1.165, 1.54) is 10.6 Å². The molecule has 116 valence electrons. The zero-order valence-electron chi connectivity index (χ0n) is 12.7. The Hall–Kier alpha value is -1.40. The number of aromatic nitrogens is 2. The highest BCUT2D eigenvalue weighted by atomic mass is 35.5. The third-order valence-electron chi connectivity index (χ3n) is 3.67. The van der Waals surface area contributed by atoms with Crippen LogP contribution in [-0.2, 0) is 11.3 Å². The van der Waals surface area contributed by atoms with Crippen LogP contribution in [0.3, 0.4) is 0 Å². The molecule has 0 radical (unpaired) electrons. The van der Waals surface area contributed by atoms with Crippen molar-refractivity contribution in [2.75, 3.05) is 33.2 Å². The van der Waals surface area contributed by atoms with Crippen molar-refractivity contribution in [2.45, 2.75) is 26.3 Å². The summed E-state index contributed by atoms with van der Waals surface area (Å²) in [6.45, 7) is 6.99. The molecule has 2 heterocycles. The number of carbonyl (C=O) groups excluding carboxylic acids is 1. The molecule has 0 aliphatic carbocycles. The van der Waals surface area contributed by atoms with Crippen molar-refractivity contribution in [3.05, 3.63) is 27.4 Å². The first kappa shape index (κ1) is 16.0. The quantitative estimate of drug-likeness (QED) is 0.775. The van der Waals surface area contributed by atoms with Crippen LogP contribution in [0.25, 0.3) is 0 Å². The number of rotatable bonds is 3. The number of carbonyl (C=O) groups is 1. The average molecular weight is 313 g/mol. The Morgan fingerprint density at radius 1 is 1.33 bits per heavy atom. The van der Waals surface area contributed by atoms with Gasteiger partial charge in [0.2, 0.25) is 5.91 Å². The van der Waals surface area contributed by atoms with Gasteiger partial charge < -0.3 is 9.80 Å². The van der Waals surface area contributed by atoms with E-state index in [2.05, 4.69) is 9.88 Å². The molecule has 6 nitrogen and oxygen atoms in total. The van der Waals surface area contributed by atoms with Gasteiger partial charge in [-0.25, -0.2) is 4.98 Å². The van der Waals surface area contributed by atoms with Crippen LogP contribution in [-0.4, -0.2) is 58.5 Å². The van der Waals surface area contributed by atoms with Crippen LogP contribution in [0.2, 0.25) is 5.15 Å². The van der Waals surface area contributed by atoms with Gasteiger partial charge in [0, 0.05) is 38.2 Å². The zero-order chi connectivity index (χ0) is 15.6.